The van der Waals surface area contributed by atoms with E-state index >= 15 is 0 Å². The lowest BCUT2D eigenvalue weighted by molar-refractivity contribution is -0.143. The average molecular weight is 469 g/mol. The van der Waals surface area contributed by atoms with Gasteiger partial charge >= 0.3 is 5.97 Å². The molecule has 6 nitrogen and oxygen atoms in total. The van der Waals surface area contributed by atoms with Crippen molar-refractivity contribution in [3.8, 4) is 5.75 Å². The van der Waals surface area contributed by atoms with Crippen LogP contribution in [-0.4, -0.2) is 36.6 Å². The summed E-state index contributed by atoms with van der Waals surface area (Å²) in [4.78, 5) is 27.0. The number of rotatable bonds is 12. The summed E-state index contributed by atoms with van der Waals surface area (Å²) in [5.74, 6) is 0.121. The van der Waals surface area contributed by atoms with E-state index in [4.69, 9.17) is 9.47 Å². The van der Waals surface area contributed by atoms with Crippen LogP contribution in [0.25, 0.3) is 10.9 Å². The Bertz CT molecular complexity index is 1120. The summed E-state index contributed by atoms with van der Waals surface area (Å²) in [7, 11) is 0. The van der Waals surface area contributed by atoms with Gasteiger partial charge in [-0.15, -0.1) is 0 Å². The first-order chi connectivity index (χ1) is 16.4. The molecule has 0 unspecified atom stereocenters. The van der Waals surface area contributed by atoms with E-state index < -0.39 is 0 Å². The molecule has 0 radical (unpaired) electrons. The number of carbonyl (C=O) groups excluding carboxylic acids is 2. The van der Waals surface area contributed by atoms with Crippen LogP contribution in [-0.2, 0) is 16.0 Å². The summed E-state index contributed by atoms with van der Waals surface area (Å²) in [6.07, 6.45) is 3.57. The molecular weight excluding hydrogens is 435 g/mol. The van der Waals surface area contributed by atoms with Gasteiger partial charge in [-0.05, 0) is 87.9 Å². The molecule has 0 aliphatic carbocycles. The number of aryl methyl sites for hydroxylation is 2. The lowest BCUT2D eigenvalue weighted by Crippen LogP contribution is -2.25. The molecule has 1 heterocycles. The molecule has 7 heteroatoms. The van der Waals surface area contributed by atoms with Crippen LogP contribution in [0, 0.1) is 19.7 Å². The molecule has 3 rings (SSSR count). The van der Waals surface area contributed by atoms with Gasteiger partial charge in [0.15, 0.2) is 0 Å². The number of unbranched alkanes of at least 4 members (excludes halogenated alkanes) is 2. The van der Waals surface area contributed by atoms with Crippen molar-refractivity contribution in [2.45, 2.75) is 52.9 Å². The van der Waals surface area contributed by atoms with Crippen LogP contribution in [0.3, 0.4) is 0 Å². The zero-order chi connectivity index (χ0) is 24.5. The van der Waals surface area contributed by atoms with Crippen LogP contribution in [0.5, 0.6) is 5.75 Å². The van der Waals surface area contributed by atoms with E-state index in [1.165, 1.54) is 6.07 Å². The number of aromatic nitrogens is 1. The number of fused-ring (bicyclic) bond motifs is 1. The number of amides is 1. The van der Waals surface area contributed by atoms with E-state index in [1.807, 2.05) is 13.8 Å². The molecule has 182 valence electrons. The summed E-state index contributed by atoms with van der Waals surface area (Å²) in [5.41, 5.74) is 4.03. The zero-order valence-electron chi connectivity index (χ0n) is 20.1. The Labute approximate surface area is 199 Å². The van der Waals surface area contributed by atoms with E-state index in [1.54, 1.807) is 37.3 Å². The standard InChI is InChI=1S/C27H33FN2O4/c1-4-33-24(31)8-6-5-7-17-34-21-12-10-20(11-13-21)27(32)29-16-15-22-19(3)30-26-23(28)14-9-18(2)25(22)26/h9-14,30H,4-8,15-17H2,1-3H3,(H,29,32). The van der Waals surface area contributed by atoms with Gasteiger partial charge in [-0.2, -0.15) is 0 Å². The second-order valence-corrected chi connectivity index (χ2v) is 8.34. The second kappa shape index (κ2) is 12.2. The van der Waals surface area contributed by atoms with Gasteiger partial charge in [0.25, 0.3) is 5.91 Å². The van der Waals surface area contributed by atoms with Crippen molar-refractivity contribution in [2.75, 3.05) is 19.8 Å². The minimum absolute atomic E-state index is 0.155. The highest BCUT2D eigenvalue weighted by Crippen LogP contribution is 2.27. The van der Waals surface area contributed by atoms with Crippen molar-refractivity contribution < 1.29 is 23.5 Å². The molecule has 1 amide bonds. The van der Waals surface area contributed by atoms with Crippen molar-refractivity contribution in [3.05, 3.63) is 64.6 Å². The largest absolute Gasteiger partial charge is 0.494 e. The van der Waals surface area contributed by atoms with E-state index in [0.29, 0.717) is 49.4 Å². The molecule has 3 aromatic rings. The fourth-order valence-electron chi connectivity index (χ4n) is 4.03. The monoisotopic (exact) mass is 468 g/mol. The molecule has 34 heavy (non-hydrogen) atoms. The number of aromatic amines is 1. The van der Waals surface area contributed by atoms with Gasteiger partial charge in [0.1, 0.15) is 11.6 Å². The Morgan fingerprint density at radius 1 is 1.03 bits per heavy atom. The lowest BCUT2D eigenvalue weighted by Gasteiger charge is -2.09. The third-order valence-corrected chi connectivity index (χ3v) is 5.81. The Hall–Kier alpha value is -3.35. The third-order valence-electron chi connectivity index (χ3n) is 5.81. The third kappa shape index (κ3) is 6.59. The fraction of sp³-hybridized carbons (Fsp3) is 0.407. The van der Waals surface area contributed by atoms with Crippen molar-refractivity contribution in [1.82, 2.24) is 10.3 Å². The number of hydrogen-bond donors (Lipinski definition) is 2. The number of halogens is 1. The predicted octanol–water partition coefficient (Wildman–Crippen LogP) is 5.40. The summed E-state index contributed by atoms with van der Waals surface area (Å²) < 4.78 is 24.7. The molecule has 0 bridgehead atoms. The summed E-state index contributed by atoms with van der Waals surface area (Å²) >= 11 is 0. The molecule has 0 atom stereocenters. The van der Waals surface area contributed by atoms with Gasteiger partial charge in [-0.25, -0.2) is 4.39 Å². The molecule has 0 aliphatic rings. The van der Waals surface area contributed by atoms with Crippen LogP contribution < -0.4 is 10.1 Å². The van der Waals surface area contributed by atoms with Gasteiger partial charge in [-0.1, -0.05) is 6.07 Å². The molecular formula is C27H33FN2O4. The smallest absolute Gasteiger partial charge is 0.305 e. The second-order valence-electron chi connectivity index (χ2n) is 8.34. The predicted molar refractivity (Wildman–Crippen MR) is 131 cm³/mol. The Morgan fingerprint density at radius 3 is 2.53 bits per heavy atom. The molecule has 2 N–H and O–H groups in total. The SMILES string of the molecule is CCOC(=O)CCCCCOc1ccc(C(=O)NCCc2c(C)[nH]c3c(F)ccc(C)c23)cc1. The normalized spacial score (nSPS) is 10.9. The minimum atomic E-state index is -0.266. The Morgan fingerprint density at radius 2 is 1.79 bits per heavy atom. The Balaban J connectivity index is 1.42. The molecule has 0 aliphatic heterocycles. The number of esters is 1. The molecule has 2 aromatic carbocycles. The van der Waals surface area contributed by atoms with Crippen LogP contribution in [0.15, 0.2) is 36.4 Å². The van der Waals surface area contributed by atoms with Crippen LogP contribution >= 0.6 is 0 Å². The molecule has 0 saturated carbocycles. The molecule has 0 saturated heterocycles. The molecule has 1 aromatic heterocycles. The number of ether oxygens (including phenoxy) is 2. The van der Waals surface area contributed by atoms with Gasteiger partial charge < -0.3 is 19.8 Å². The first-order valence-corrected chi connectivity index (χ1v) is 11.8. The van der Waals surface area contributed by atoms with Crippen molar-refractivity contribution in [3.63, 3.8) is 0 Å². The van der Waals surface area contributed by atoms with Crippen molar-refractivity contribution in [1.29, 1.82) is 0 Å². The summed E-state index contributed by atoms with van der Waals surface area (Å²) in [5, 5.41) is 3.84. The van der Waals surface area contributed by atoms with Crippen LogP contribution in [0.2, 0.25) is 0 Å². The van der Waals surface area contributed by atoms with Gasteiger partial charge in [0.2, 0.25) is 0 Å². The molecule has 0 fully saturated rings. The van der Waals surface area contributed by atoms with Gasteiger partial charge in [0, 0.05) is 29.6 Å². The van der Waals surface area contributed by atoms with Crippen LogP contribution in [0.1, 0.15) is 59.8 Å². The van der Waals surface area contributed by atoms with Gasteiger partial charge in [0.05, 0.1) is 18.7 Å². The maximum Gasteiger partial charge on any atom is 0.305 e. The van der Waals surface area contributed by atoms with E-state index in [-0.39, 0.29) is 17.7 Å². The topological polar surface area (TPSA) is 80.4 Å². The van der Waals surface area contributed by atoms with E-state index in [2.05, 4.69) is 10.3 Å². The summed E-state index contributed by atoms with van der Waals surface area (Å²) in [6, 6.07) is 10.3. The number of H-pyrrole nitrogens is 1. The summed E-state index contributed by atoms with van der Waals surface area (Å²) in [6.45, 7) is 7.11. The molecule has 0 spiro atoms. The van der Waals surface area contributed by atoms with Crippen molar-refractivity contribution >= 4 is 22.8 Å². The first-order valence-electron chi connectivity index (χ1n) is 11.8. The highest BCUT2D eigenvalue weighted by molar-refractivity contribution is 5.94. The first kappa shape index (κ1) is 25.3. The van der Waals surface area contributed by atoms with Crippen molar-refractivity contribution in [2.24, 2.45) is 0 Å². The van der Waals surface area contributed by atoms with Gasteiger partial charge in [-0.3, -0.25) is 9.59 Å². The van der Waals surface area contributed by atoms with E-state index in [0.717, 1.165) is 41.5 Å². The maximum absolute atomic E-state index is 14.1. The highest BCUT2D eigenvalue weighted by atomic mass is 19.1. The Kier molecular flexibility index (Phi) is 9.08. The number of hydrogen-bond acceptors (Lipinski definition) is 4. The maximum atomic E-state index is 14.1. The highest BCUT2D eigenvalue weighted by Gasteiger charge is 2.14. The van der Waals surface area contributed by atoms with E-state index in [9.17, 15) is 14.0 Å². The average Bonchev–Trinajstić information content (AvgIpc) is 3.16. The minimum Gasteiger partial charge on any atom is -0.494 e. The van der Waals surface area contributed by atoms with Crippen LogP contribution in [0.4, 0.5) is 4.39 Å². The number of carbonyl (C=O) groups is 2. The quantitative estimate of drug-likeness (QED) is 0.276. The zero-order valence-corrected chi connectivity index (χ0v) is 20.1. The fourth-order valence-corrected chi connectivity index (χ4v) is 4.03. The number of benzene rings is 2. The lowest BCUT2D eigenvalue weighted by atomic mass is 10.0. The number of nitrogens with one attached hydrogen (secondary N) is 2.